The fourth-order valence-corrected chi connectivity index (χ4v) is 4.17. The van der Waals surface area contributed by atoms with Gasteiger partial charge in [0, 0.05) is 35.5 Å². The lowest BCUT2D eigenvalue weighted by Gasteiger charge is -2.27. The lowest BCUT2D eigenvalue weighted by molar-refractivity contribution is 0.0257. The first-order valence-corrected chi connectivity index (χ1v) is 9.96. The van der Waals surface area contributed by atoms with Crippen molar-refractivity contribution in [1.29, 1.82) is 0 Å². The van der Waals surface area contributed by atoms with Gasteiger partial charge >= 0.3 is 6.09 Å². The van der Waals surface area contributed by atoms with Crippen LogP contribution in [0.4, 0.5) is 14.9 Å². The van der Waals surface area contributed by atoms with Gasteiger partial charge in [-0.1, -0.05) is 0 Å². The summed E-state index contributed by atoms with van der Waals surface area (Å²) >= 11 is 1.57. The van der Waals surface area contributed by atoms with Crippen LogP contribution in [-0.2, 0) is 16.0 Å². The van der Waals surface area contributed by atoms with Crippen LogP contribution in [0.5, 0.6) is 5.75 Å². The highest BCUT2D eigenvalue weighted by atomic mass is 32.1. The fraction of sp³-hybridized carbons (Fsp3) is 0.350. The number of fused-ring (bicyclic) bond motifs is 1. The van der Waals surface area contributed by atoms with E-state index in [1.54, 1.807) is 23.6 Å². The molecule has 1 amide bonds. The minimum absolute atomic E-state index is 0.0142. The summed E-state index contributed by atoms with van der Waals surface area (Å²) in [5.41, 5.74) is 2.38. The molecule has 2 aliphatic rings. The normalized spacial score (nSPS) is 16.9. The van der Waals surface area contributed by atoms with Gasteiger partial charge in [-0.25, -0.2) is 9.18 Å². The molecule has 0 bridgehead atoms. The number of carbonyl (C=O) groups excluding carboxylic acids is 1. The number of nitrogens with zero attached hydrogens (tertiary/aromatic N) is 1. The number of hydrogen-bond acceptors (Lipinski definition) is 6. The van der Waals surface area contributed by atoms with E-state index < -0.39 is 6.09 Å². The van der Waals surface area contributed by atoms with Crippen LogP contribution < -0.4 is 10.1 Å². The number of hydrogen-bond donors (Lipinski definition) is 1. The predicted octanol–water partition coefficient (Wildman–Crippen LogP) is 4.44. The SMILES string of the molecule is COC(=O)N1C=C(Nc2ccc(F)cc2OC2CCOCC2)c2ccsc2C1. The third-order valence-corrected chi connectivity index (χ3v) is 5.62. The molecule has 3 heterocycles. The second kappa shape index (κ2) is 8.20. The number of anilines is 1. The molecular formula is C20H21FN2O4S. The zero-order chi connectivity index (χ0) is 19.5. The van der Waals surface area contributed by atoms with Gasteiger partial charge in [0.1, 0.15) is 17.7 Å². The maximum atomic E-state index is 13.9. The fourth-order valence-electron chi connectivity index (χ4n) is 3.28. The van der Waals surface area contributed by atoms with Crippen molar-refractivity contribution in [1.82, 2.24) is 4.90 Å². The average molecular weight is 404 g/mol. The summed E-state index contributed by atoms with van der Waals surface area (Å²) in [7, 11) is 1.35. The van der Waals surface area contributed by atoms with E-state index in [2.05, 4.69) is 5.32 Å². The van der Waals surface area contributed by atoms with Crippen molar-refractivity contribution in [3.05, 3.63) is 52.1 Å². The van der Waals surface area contributed by atoms with Gasteiger partial charge in [-0.05, 0) is 23.6 Å². The van der Waals surface area contributed by atoms with Crippen molar-refractivity contribution in [3.63, 3.8) is 0 Å². The molecule has 2 aromatic rings. The molecule has 8 heteroatoms. The molecule has 6 nitrogen and oxygen atoms in total. The van der Waals surface area contributed by atoms with Gasteiger partial charge in [-0.2, -0.15) is 0 Å². The van der Waals surface area contributed by atoms with Crippen LogP contribution in [0.25, 0.3) is 5.70 Å². The summed E-state index contributed by atoms with van der Waals surface area (Å²) in [6, 6.07) is 6.41. The van der Waals surface area contributed by atoms with Crippen molar-refractivity contribution in [2.24, 2.45) is 0 Å². The van der Waals surface area contributed by atoms with E-state index in [1.165, 1.54) is 24.1 Å². The highest BCUT2D eigenvalue weighted by Crippen LogP contribution is 2.35. The first-order valence-electron chi connectivity index (χ1n) is 9.08. The van der Waals surface area contributed by atoms with Crippen LogP contribution in [0.1, 0.15) is 23.3 Å². The Morgan fingerprint density at radius 2 is 2.14 bits per heavy atom. The van der Waals surface area contributed by atoms with Crippen LogP contribution >= 0.6 is 11.3 Å². The number of ether oxygens (including phenoxy) is 3. The minimum Gasteiger partial charge on any atom is -0.488 e. The molecular weight excluding hydrogens is 383 g/mol. The summed E-state index contributed by atoms with van der Waals surface area (Å²) in [6.45, 7) is 1.74. The molecule has 1 aromatic carbocycles. The van der Waals surface area contributed by atoms with Gasteiger partial charge in [0.25, 0.3) is 0 Å². The maximum Gasteiger partial charge on any atom is 0.413 e. The number of amides is 1. The van der Waals surface area contributed by atoms with Crippen molar-refractivity contribution in [2.75, 3.05) is 25.6 Å². The third-order valence-electron chi connectivity index (χ3n) is 4.72. The van der Waals surface area contributed by atoms with Crippen LogP contribution in [0.2, 0.25) is 0 Å². The predicted molar refractivity (Wildman–Crippen MR) is 105 cm³/mol. The maximum absolute atomic E-state index is 13.9. The summed E-state index contributed by atoms with van der Waals surface area (Å²) in [5, 5.41) is 5.29. The number of halogens is 1. The summed E-state index contributed by atoms with van der Waals surface area (Å²) in [5.74, 6) is 0.0809. The minimum atomic E-state index is -0.434. The third kappa shape index (κ3) is 3.98. The molecule has 1 aromatic heterocycles. The smallest absolute Gasteiger partial charge is 0.413 e. The van der Waals surface area contributed by atoms with Gasteiger partial charge in [-0.15, -0.1) is 11.3 Å². The summed E-state index contributed by atoms with van der Waals surface area (Å²) < 4.78 is 30.1. The Morgan fingerprint density at radius 1 is 1.32 bits per heavy atom. The number of benzene rings is 1. The van der Waals surface area contributed by atoms with E-state index in [1.807, 2.05) is 11.4 Å². The molecule has 1 fully saturated rings. The van der Waals surface area contributed by atoms with Gasteiger partial charge in [0.15, 0.2) is 0 Å². The Labute approximate surface area is 166 Å². The van der Waals surface area contributed by atoms with Crippen molar-refractivity contribution >= 4 is 28.8 Å². The topological polar surface area (TPSA) is 60.0 Å². The van der Waals surface area contributed by atoms with Crippen LogP contribution in [0.15, 0.2) is 35.8 Å². The number of carbonyl (C=O) groups is 1. The monoisotopic (exact) mass is 404 g/mol. The molecule has 1 saturated heterocycles. The molecule has 4 rings (SSSR count). The van der Waals surface area contributed by atoms with E-state index in [4.69, 9.17) is 14.2 Å². The largest absolute Gasteiger partial charge is 0.488 e. The van der Waals surface area contributed by atoms with E-state index in [9.17, 15) is 9.18 Å². The second-order valence-electron chi connectivity index (χ2n) is 6.59. The van der Waals surface area contributed by atoms with E-state index in [0.717, 1.165) is 29.0 Å². The molecule has 0 spiro atoms. The van der Waals surface area contributed by atoms with Crippen LogP contribution in [0.3, 0.4) is 0 Å². The van der Waals surface area contributed by atoms with E-state index in [-0.39, 0.29) is 11.9 Å². The van der Waals surface area contributed by atoms with Crippen molar-refractivity contribution in [3.8, 4) is 5.75 Å². The quantitative estimate of drug-likeness (QED) is 0.817. The van der Waals surface area contributed by atoms with E-state index in [0.29, 0.717) is 31.2 Å². The van der Waals surface area contributed by atoms with E-state index >= 15 is 0 Å². The molecule has 2 aliphatic heterocycles. The molecule has 0 unspecified atom stereocenters. The molecule has 28 heavy (non-hydrogen) atoms. The Morgan fingerprint density at radius 3 is 2.93 bits per heavy atom. The molecule has 1 N–H and O–H groups in total. The lowest BCUT2D eigenvalue weighted by atomic mass is 10.1. The Hall–Kier alpha value is -2.58. The molecule has 0 radical (unpaired) electrons. The Bertz CT molecular complexity index is 892. The van der Waals surface area contributed by atoms with Crippen molar-refractivity contribution in [2.45, 2.75) is 25.5 Å². The molecule has 148 valence electrons. The zero-order valence-electron chi connectivity index (χ0n) is 15.4. The molecule has 0 atom stereocenters. The first-order chi connectivity index (χ1) is 13.6. The van der Waals surface area contributed by atoms with Gasteiger partial charge in [0.2, 0.25) is 0 Å². The number of rotatable bonds is 4. The Kier molecular flexibility index (Phi) is 5.50. The number of nitrogens with one attached hydrogen (secondary N) is 1. The number of methoxy groups -OCH3 is 1. The Balaban J connectivity index is 1.62. The van der Waals surface area contributed by atoms with Gasteiger partial charge < -0.3 is 19.5 Å². The summed E-state index contributed by atoms with van der Waals surface area (Å²) in [6.07, 6.45) is 2.80. The number of thiophene rings is 1. The summed E-state index contributed by atoms with van der Waals surface area (Å²) in [4.78, 5) is 14.6. The highest BCUT2D eigenvalue weighted by Gasteiger charge is 2.24. The average Bonchev–Trinajstić information content (AvgIpc) is 3.19. The molecule has 0 saturated carbocycles. The van der Waals surface area contributed by atoms with Crippen molar-refractivity contribution < 1.29 is 23.4 Å². The zero-order valence-corrected chi connectivity index (χ0v) is 16.3. The van der Waals surface area contributed by atoms with Crippen LogP contribution in [-0.4, -0.2) is 37.4 Å². The second-order valence-corrected chi connectivity index (χ2v) is 7.59. The lowest BCUT2D eigenvalue weighted by Crippen LogP contribution is -2.29. The first kappa shape index (κ1) is 18.8. The standard InChI is InChI=1S/C20H21FN2O4S/c1-25-20(24)23-11-17(15-6-9-28-19(15)12-23)22-16-3-2-13(21)10-18(16)27-14-4-7-26-8-5-14/h2-3,6,9-11,14,22H,4-5,7-8,12H2,1H3. The highest BCUT2D eigenvalue weighted by molar-refractivity contribution is 7.10. The van der Waals surface area contributed by atoms with Gasteiger partial charge in [0.05, 0.1) is 38.3 Å². The van der Waals surface area contributed by atoms with Gasteiger partial charge in [-0.3, -0.25) is 4.90 Å². The van der Waals surface area contributed by atoms with Crippen LogP contribution in [0, 0.1) is 5.82 Å². The molecule has 0 aliphatic carbocycles.